The molecule has 0 aromatic heterocycles. The minimum atomic E-state index is 0.285. The van der Waals surface area contributed by atoms with E-state index in [0.717, 1.165) is 19.4 Å². The Morgan fingerprint density at radius 2 is 2.33 bits per heavy atom. The Balaban J connectivity index is 2.32. The Morgan fingerprint density at radius 3 is 2.93 bits per heavy atom. The molecule has 1 amide bonds. The van der Waals surface area contributed by atoms with Gasteiger partial charge < -0.3 is 10.6 Å². The molecule has 1 fully saturated rings. The minimum Gasteiger partial charge on any atom is -0.339 e. The molecule has 0 aromatic carbocycles. The highest BCUT2D eigenvalue weighted by Gasteiger charge is 2.22. The standard InChI is InChI=1S/C11H22N2OS/c1-9-5-3-4-6-13(9)11(14)8-15-10(2)7-12/h9-10H,3-8,12H2,1-2H3. The van der Waals surface area contributed by atoms with Crippen molar-refractivity contribution in [2.75, 3.05) is 18.8 Å². The predicted octanol–water partition coefficient (Wildman–Crippen LogP) is 1.47. The molecular formula is C11H22N2OS. The molecule has 2 atom stereocenters. The minimum absolute atomic E-state index is 0.285. The summed E-state index contributed by atoms with van der Waals surface area (Å²) in [4.78, 5) is 13.9. The van der Waals surface area contributed by atoms with Crippen LogP contribution >= 0.6 is 11.8 Å². The Morgan fingerprint density at radius 1 is 1.60 bits per heavy atom. The van der Waals surface area contributed by atoms with E-state index in [-0.39, 0.29) is 5.91 Å². The summed E-state index contributed by atoms with van der Waals surface area (Å²) in [6, 6.07) is 0.431. The van der Waals surface area contributed by atoms with Gasteiger partial charge in [-0.3, -0.25) is 4.79 Å². The molecule has 15 heavy (non-hydrogen) atoms. The Bertz CT molecular complexity index is 211. The van der Waals surface area contributed by atoms with E-state index in [9.17, 15) is 4.79 Å². The fourth-order valence-electron chi connectivity index (χ4n) is 1.83. The molecule has 3 nitrogen and oxygen atoms in total. The molecule has 0 saturated carbocycles. The number of thioether (sulfide) groups is 1. The highest BCUT2D eigenvalue weighted by molar-refractivity contribution is 8.00. The highest BCUT2D eigenvalue weighted by atomic mass is 32.2. The van der Waals surface area contributed by atoms with E-state index in [1.165, 1.54) is 6.42 Å². The third-order valence-electron chi connectivity index (χ3n) is 2.95. The Kier molecular flexibility index (Phi) is 5.47. The lowest BCUT2D eigenvalue weighted by atomic mass is 10.0. The average Bonchev–Trinajstić information content (AvgIpc) is 2.26. The number of hydrogen-bond acceptors (Lipinski definition) is 3. The number of carbonyl (C=O) groups excluding carboxylic acids is 1. The van der Waals surface area contributed by atoms with E-state index in [1.807, 2.05) is 4.90 Å². The first-order valence-electron chi connectivity index (χ1n) is 5.76. The molecule has 1 rings (SSSR count). The fourth-order valence-corrected chi connectivity index (χ4v) is 2.56. The van der Waals surface area contributed by atoms with Crippen molar-refractivity contribution in [1.82, 2.24) is 4.90 Å². The van der Waals surface area contributed by atoms with Gasteiger partial charge in [0.05, 0.1) is 5.75 Å². The van der Waals surface area contributed by atoms with Crippen molar-refractivity contribution in [3.05, 3.63) is 0 Å². The summed E-state index contributed by atoms with van der Waals surface area (Å²) in [5.41, 5.74) is 5.52. The smallest absolute Gasteiger partial charge is 0.232 e. The number of piperidine rings is 1. The summed E-state index contributed by atoms with van der Waals surface area (Å²) in [6.45, 7) is 5.80. The summed E-state index contributed by atoms with van der Waals surface area (Å²) in [6.07, 6.45) is 3.58. The zero-order valence-electron chi connectivity index (χ0n) is 9.74. The maximum Gasteiger partial charge on any atom is 0.232 e. The van der Waals surface area contributed by atoms with Gasteiger partial charge in [0.25, 0.3) is 0 Å². The van der Waals surface area contributed by atoms with Gasteiger partial charge in [-0.2, -0.15) is 0 Å². The van der Waals surface area contributed by atoms with E-state index in [4.69, 9.17) is 5.73 Å². The van der Waals surface area contributed by atoms with Crippen LogP contribution in [0.5, 0.6) is 0 Å². The molecule has 0 aliphatic carbocycles. The van der Waals surface area contributed by atoms with Crippen LogP contribution in [0, 0.1) is 0 Å². The maximum absolute atomic E-state index is 11.9. The number of likely N-dealkylation sites (tertiary alicyclic amines) is 1. The number of amides is 1. The second-order valence-electron chi connectivity index (χ2n) is 4.29. The van der Waals surface area contributed by atoms with Crippen LogP contribution in [0.4, 0.5) is 0 Å². The van der Waals surface area contributed by atoms with Crippen LogP contribution in [0.25, 0.3) is 0 Å². The zero-order chi connectivity index (χ0) is 11.3. The van der Waals surface area contributed by atoms with E-state index in [1.54, 1.807) is 11.8 Å². The molecule has 0 spiro atoms. The van der Waals surface area contributed by atoms with Gasteiger partial charge in [0.15, 0.2) is 0 Å². The quantitative estimate of drug-likeness (QED) is 0.795. The summed E-state index contributed by atoms with van der Waals surface area (Å²) in [5.74, 6) is 0.871. The van der Waals surface area contributed by atoms with Crippen molar-refractivity contribution in [3.8, 4) is 0 Å². The Hall–Kier alpha value is -0.220. The summed E-state index contributed by atoms with van der Waals surface area (Å²) in [7, 11) is 0. The summed E-state index contributed by atoms with van der Waals surface area (Å²) >= 11 is 1.66. The van der Waals surface area contributed by atoms with E-state index < -0.39 is 0 Å². The second kappa shape index (κ2) is 6.38. The molecule has 1 saturated heterocycles. The van der Waals surface area contributed by atoms with Crippen LogP contribution in [-0.2, 0) is 4.79 Å². The molecule has 0 aromatic rings. The first-order chi connectivity index (χ1) is 7.15. The summed E-state index contributed by atoms with van der Waals surface area (Å²) in [5, 5.41) is 0.383. The number of carbonyl (C=O) groups is 1. The molecule has 88 valence electrons. The lowest BCUT2D eigenvalue weighted by Gasteiger charge is -2.33. The van der Waals surface area contributed by atoms with E-state index in [0.29, 0.717) is 23.6 Å². The van der Waals surface area contributed by atoms with Crippen molar-refractivity contribution in [1.29, 1.82) is 0 Å². The van der Waals surface area contributed by atoms with Crippen LogP contribution in [0.1, 0.15) is 33.1 Å². The normalized spacial score (nSPS) is 23.9. The first kappa shape index (κ1) is 12.8. The SMILES string of the molecule is CC(CN)SCC(=O)N1CCCCC1C. The number of hydrogen-bond donors (Lipinski definition) is 1. The van der Waals surface area contributed by atoms with Crippen LogP contribution in [-0.4, -0.2) is 40.9 Å². The van der Waals surface area contributed by atoms with Crippen LogP contribution in [0.3, 0.4) is 0 Å². The van der Waals surface area contributed by atoms with E-state index >= 15 is 0 Å². The van der Waals surface area contributed by atoms with Crippen molar-refractivity contribution in [3.63, 3.8) is 0 Å². The molecule has 0 bridgehead atoms. The zero-order valence-corrected chi connectivity index (χ0v) is 10.6. The topological polar surface area (TPSA) is 46.3 Å². The highest BCUT2D eigenvalue weighted by Crippen LogP contribution is 2.18. The average molecular weight is 230 g/mol. The van der Waals surface area contributed by atoms with Gasteiger partial charge in [0.1, 0.15) is 0 Å². The lowest BCUT2D eigenvalue weighted by Crippen LogP contribution is -2.43. The monoisotopic (exact) mass is 230 g/mol. The summed E-state index contributed by atoms with van der Waals surface area (Å²) < 4.78 is 0. The number of rotatable bonds is 4. The maximum atomic E-state index is 11.9. The number of nitrogens with zero attached hydrogens (tertiary/aromatic N) is 1. The third kappa shape index (κ3) is 4.03. The van der Waals surface area contributed by atoms with E-state index in [2.05, 4.69) is 13.8 Å². The van der Waals surface area contributed by atoms with Crippen molar-refractivity contribution < 1.29 is 4.79 Å². The molecule has 1 heterocycles. The second-order valence-corrected chi connectivity index (χ2v) is 5.72. The molecule has 0 radical (unpaired) electrons. The van der Waals surface area contributed by atoms with Gasteiger partial charge in [-0.1, -0.05) is 6.92 Å². The van der Waals surface area contributed by atoms with Gasteiger partial charge in [-0.25, -0.2) is 0 Å². The van der Waals surface area contributed by atoms with Gasteiger partial charge in [-0.15, -0.1) is 11.8 Å². The molecule has 1 aliphatic heterocycles. The molecular weight excluding hydrogens is 208 g/mol. The van der Waals surface area contributed by atoms with Gasteiger partial charge in [-0.05, 0) is 26.2 Å². The van der Waals surface area contributed by atoms with Crippen LogP contribution in [0.15, 0.2) is 0 Å². The van der Waals surface area contributed by atoms with Crippen LogP contribution < -0.4 is 5.73 Å². The van der Waals surface area contributed by atoms with Gasteiger partial charge >= 0.3 is 0 Å². The van der Waals surface area contributed by atoms with Crippen LogP contribution in [0.2, 0.25) is 0 Å². The third-order valence-corrected chi connectivity index (χ3v) is 4.12. The molecule has 1 aliphatic rings. The number of nitrogens with two attached hydrogens (primary N) is 1. The van der Waals surface area contributed by atoms with Gasteiger partial charge in [0, 0.05) is 24.4 Å². The van der Waals surface area contributed by atoms with Crippen molar-refractivity contribution >= 4 is 17.7 Å². The first-order valence-corrected chi connectivity index (χ1v) is 6.81. The Labute approximate surface area is 96.8 Å². The van der Waals surface area contributed by atoms with Crippen molar-refractivity contribution in [2.24, 2.45) is 5.73 Å². The predicted molar refractivity (Wildman–Crippen MR) is 66.0 cm³/mol. The van der Waals surface area contributed by atoms with Gasteiger partial charge in [0.2, 0.25) is 5.91 Å². The molecule has 2 unspecified atom stereocenters. The fraction of sp³-hybridized carbons (Fsp3) is 0.909. The van der Waals surface area contributed by atoms with Crippen molar-refractivity contribution in [2.45, 2.75) is 44.4 Å². The largest absolute Gasteiger partial charge is 0.339 e. The molecule has 2 N–H and O–H groups in total. The lowest BCUT2D eigenvalue weighted by molar-refractivity contribution is -0.131. The molecule has 4 heteroatoms.